The Kier molecular flexibility index (Phi) is 5.36. The largest absolute Gasteiger partial charge is 0.384 e. The molecule has 148 valence electrons. The van der Waals surface area contributed by atoms with E-state index in [0.717, 1.165) is 45.6 Å². The minimum atomic E-state index is 0.0757. The number of pyridine rings is 1. The summed E-state index contributed by atoms with van der Waals surface area (Å²) in [7, 11) is 0. The Bertz CT molecular complexity index is 814. The van der Waals surface area contributed by atoms with E-state index in [0.29, 0.717) is 22.7 Å². The van der Waals surface area contributed by atoms with Crippen LogP contribution in [0.2, 0.25) is 0 Å². The zero-order chi connectivity index (χ0) is 19.6. The smallest absolute Gasteiger partial charge is 0.254 e. The maximum absolute atomic E-state index is 12.9. The fourth-order valence-corrected chi connectivity index (χ4v) is 5.00. The van der Waals surface area contributed by atoms with E-state index in [2.05, 4.69) is 47.1 Å². The first-order valence-corrected chi connectivity index (χ1v) is 10.4. The van der Waals surface area contributed by atoms with Crippen molar-refractivity contribution in [2.24, 2.45) is 5.41 Å². The van der Waals surface area contributed by atoms with Crippen LogP contribution >= 0.6 is 0 Å². The number of aromatic nitrogens is 1. The highest BCUT2D eigenvalue weighted by Crippen LogP contribution is 2.45. The van der Waals surface area contributed by atoms with E-state index in [4.69, 9.17) is 5.73 Å². The van der Waals surface area contributed by atoms with E-state index in [9.17, 15) is 4.79 Å². The number of amides is 1. The summed E-state index contributed by atoms with van der Waals surface area (Å²) in [6, 6.07) is 14.4. The van der Waals surface area contributed by atoms with Gasteiger partial charge in [-0.3, -0.25) is 4.79 Å². The fraction of sp³-hybridized carbons (Fsp3) is 0.478. The number of nitrogens with zero attached hydrogens (tertiary/aromatic N) is 3. The Hall–Kier alpha value is -2.40. The molecule has 0 bridgehead atoms. The van der Waals surface area contributed by atoms with Crippen molar-refractivity contribution in [3.8, 4) is 0 Å². The van der Waals surface area contributed by atoms with Gasteiger partial charge in [0.2, 0.25) is 0 Å². The minimum Gasteiger partial charge on any atom is -0.384 e. The number of carbonyl (C=O) groups is 1. The lowest BCUT2D eigenvalue weighted by molar-refractivity contribution is 0.0158. The average molecular weight is 379 g/mol. The van der Waals surface area contributed by atoms with Crippen LogP contribution < -0.4 is 5.73 Å². The summed E-state index contributed by atoms with van der Waals surface area (Å²) in [5, 5.41) is 0. The summed E-state index contributed by atoms with van der Waals surface area (Å²) in [4.78, 5) is 21.4. The number of hydrogen-bond acceptors (Lipinski definition) is 4. The summed E-state index contributed by atoms with van der Waals surface area (Å²) >= 11 is 0. The molecule has 28 heavy (non-hydrogen) atoms. The van der Waals surface area contributed by atoms with Gasteiger partial charge in [-0.1, -0.05) is 37.3 Å². The molecule has 0 radical (unpaired) electrons. The van der Waals surface area contributed by atoms with Crippen LogP contribution in [-0.4, -0.2) is 53.4 Å². The van der Waals surface area contributed by atoms with Gasteiger partial charge in [-0.25, -0.2) is 4.98 Å². The Morgan fingerprint density at radius 1 is 1.21 bits per heavy atom. The first-order valence-electron chi connectivity index (χ1n) is 10.4. The van der Waals surface area contributed by atoms with Gasteiger partial charge in [0.05, 0.1) is 0 Å². The van der Waals surface area contributed by atoms with E-state index in [1.807, 2.05) is 4.90 Å². The van der Waals surface area contributed by atoms with Gasteiger partial charge < -0.3 is 15.5 Å². The van der Waals surface area contributed by atoms with Crippen LogP contribution in [0.15, 0.2) is 48.7 Å². The van der Waals surface area contributed by atoms with Gasteiger partial charge in [0.25, 0.3) is 5.91 Å². The molecule has 1 amide bonds. The van der Waals surface area contributed by atoms with Crippen molar-refractivity contribution in [1.82, 2.24) is 14.8 Å². The van der Waals surface area contributed by atoms with Crippen molar-refractivity contribution in [2.75, 3.05) is 38.5 Å². The van der Waals surface area contributed by atoms with Gasteiger partial charge in [0.1, 0.15) is 5.82 Å². The number of nitrogen functional groups attached to an aromatic ring is 1. The summed E-state index contributed by atoms with van der Waals surface area (Å²) in [5.74, 6) is 1.06. The van der Waals surface area contributed by atoms with E-state index >= 15 is 0 Å². The third-order valence-corrected chi connectivity index (χ3v) is 6.57. The Labute approximate surface area is 167 Å². The fourth-order valence-electron chi connectivity index (χ4n) is 5.00. The van der Waals surface area contributed by atoms with Crippen LogP contribution in [0.3, 0.4) is 0 Å². The van der Waals surface area contributed by atoms with Crippen LogP contribution in [-0.2, 0) is 0 Å². The van der Waals surface area contributed by atoms with E-state index in [1.54, 1.807) is 18.3 Å². The molecule has 1 aromatic carbocycles. The molecule has 0 saturated carbocycles. The molecule has 2 fully saturated rings. The van der Waals surface area contributed by atoms with Crippen LogP contribution in [0.5, 0.6) is 0 Å². The maximum Gasteiger partial charge on any atom is 0.254 e. The van der Waals surface area contributed by atoms with Gasteiger partial charge in [0.15, 0.2) is 0 Å². The summed E-state index contributed by atoms with van der Waals surface area (Å²) < 4.78 is 0. The standard InChI is InChI=1S/C23H30N4O/c1-2-26-16-20(18-6-4-3-5-7-18)15-23(17-26)9-12-27(13-10-23)22(28)19-8-11-25-21(24)14-19/h3-8,11,14,20H,2,9-10,12-13,15-17H2,1H3,(H2,24,25)/t20-/m0/s1. The van der Waals surface area contributed by atoms with Crippen molar-refractivity contribution in [1.29, 1.82) is 0 Å². The third-order valence-electron chi connectivity index (χ3n) is 6.57. The van der Waals surface area contributed by atoms with Crippen LogP contribution in [0, 0.1) is 5.41 Å². The van der Waals surface area contributed by atoms with Gasteiger partial charge in [-0.05, 0) is 54.8 Å². The molecule has 1 spiro atoms. The van der Waals surface area contributed by atoms with Crippen LogP contribution in [0.4, 0.5) is 5.82 Å². The van der Waals surface area contributed by atoms with E-state index < -0.39 is 0 Å². The van der Waals surface area contributed by atoms with Crippen LogP contribution in [0.1, 0.15) is 48.0 Å². The summed E-state index contributed by atoms with van der Waals surface area (Å²) in [6.07, 6.45) is 4.97. The zero-order valence-electron chi connectivity index (χ0n) is 16.7. The number of hydrogen-bond donors (Lipinski definition) is 1. The molecule has 0 aliphatic carbocycles. The van der Waals surface area contributed by atoms with Gasteiger partial charge >= 0.3 is 0 Å². The van der Waals surface area contributed by atoms with Crippen molar-refractivity contribution in [2.45, 2.75) is 32.1 Å². The van der Waals surface area contributed by atoms with E-state index in [1.165, 1.54) is 12.0 Å². The minimum absolute atomic E-state index is 0.0757. The summed E-state index contributed by atoms with van der Waals surface area (Å²) in [5.41, 5.74) is 8.15. The number of rotatable bonds is 3. The highest BCUT2D eigenvalue weighted by Gasteiger charge is 2.42. The molecule has 4 rings (SSSR count). The van der Waals surface area contributed by atoms with Crippen molar-refractivity contribution in [3.63, 3.8) is 0 Å². The third kappa shape index (κ3) is 3.90. The molecule has 2 N–H and O–H groups in total. The Morgan fingerprint density at radius 2 is 1.96 bits per heavy atom. The Morgan fingerprint density at radius 3 is 2.64 bits per heavy atom. The number of benzene rings is 1. The quantitative estimate of drug-likeness (QED) is 0.889. The Balaban J connectivity index is 1.46. The molecule has 0 unspecified atom stereocenters. The molecule has 5 heteroatoms. The van der Waals surface area contributed by atoms with Gasteiger partial charge in [-0.15, -0.1) is 0 Å². The predicted molar refractivity (Wildman–Crippen MR) is 112 cm³/mol. The van der Waals surface area contributed by atoms with Crippen molar-refractivity contribution in [3.05, 3.63) is 59.8 Å². The normalized spacial score (nSPS) is 22.3. The highest BCUT2D eigenvalue weighted by atomic mass is 16.2. The molecule has 2 saturated heterocycles. The number of likely N-dealkylation sites (tertiary alicyclic amines) is 2. The van der Waals surface area contributed by atoms with Crippen molar-refractivity contribution >= 4 is 11.7 Å². The first kappa shape index (κ1) is 18.9. The molecule has 2 aromatic rings. The lowest BCUT2D eigenvalue weighted by atomic mass is 9.68. The second-order valence-corrected chi connectivity index (χ2v) is 8.40. The number of anilines is 1. The zero-order valence-corrected chi connectivity index (χ0v) is 16.7. The monoisotopic (exact) mass is 378 g/mol. The topological polar surface area (TPSA) is 62.5 Å². The van der Waals surface area contributed by atoms with Gasteiger partial charge in [0, 0.05) is 37.9 Å². The molecule has 2 aliphatic rings. The second kappa shape index (κ2) is 7.92. The van der Waals surface area contributed by atoms with Gasteiger partial charge in [-0.2, -0.15) is 0 Å². The second-order valence-electron chi connectivity index (χ2n) is 8.40. The lowest BCUT2D eigenvalue weighted by Crippen LogP contribution is -2.52. The van der Waals surface area contributed by atoms with E-state index in [-0.39, 0.29) is 5.91 Å². The molecule has 2 aliphatic heterocycles. The number of nitrogens with two attached hydrogens (primary N) is 1. The predicted octanol–water partition coefficient (Wildman–Crippen LogP) is 3.40. The van der Waals surface area contributed by atoms with Crippen LogP contribution in [0.25, 0.3) is 0 Å². The molecule has 1 atom stereocenters. The molecule has 1 aromatic heterocycles. The molecular formula is C23H30N4O. The number of carbonyl (C=O) groups excluding carboxylic acids is 1. The number of likely N-dealkylation sites (N-methyl/N-ethyl adjacent to an activating group) is 1. The molecule has 5 nitrogen and oxygen atoms in total. The first-order chi connectivity index (χ1) is 13.6. The SMILES string of the molecule is CCN1C[C@@H](c2ccccc2)CC2(CCN(C(=O)c3ccnc(N)c3)CC2)C1. The maximum atomic E-state index is 12.9. The lowest BCUT2D eigenvalue weighted by Gasteiger charge is -2.50. The molecule has 3 heterocycles. The van der Waals surface area contributed by atoms with Crippen molar-refractivity contribution < 1.29 is 4.79 Å². The number of piperidine rings is 2. The average Bonchev–Trinajstić information content (AvgIpc) is 2.74. The molecular weight excluding hydrogens is 348 g/mol. The summed E-state index contributed by atoms with van der Waals surface area (Å²) in [6.45, 7) is 7.27. The highest BCUT2D eigenvalue weighted by molar-refractivity contribution is 5.94.